The van der Waals surface area contributed by atoms with Crippen LogP contribution in [-0.4, -0.2) is 11.0 Å². The molecule has 72 valence electrons. The first-order valence-electron chi connectivity index (χ1n) is 3.58. The maximum absolute atomic E-state index is 13.1. The Kier molecular flexibility index (Phi) is 2.69. The first-order valence-corrected chi connectivity index (χ1v) is 3.58. The van der Waals surface area contributed by atoms with Gasteiger partial charge in [0.05, 0.1) is 10.6 Å². The van der Waals surface area contributed by atoms with Crippen LogP contribution in [0.4, 0.5) is 15.8 Å². The molecule has 0 atom stereocenters. The van der Waals surface area contributed by atoms with E-state index in [9.17, 15) is 19.3 Å². The minimum absolute atomic E-state index is 0.0144. The van der Waals surface area contributed by atoms with Crippen LogP contribution >= 0.6 is 0 Å². The van der Waals surface area contributed by atoms with Crippen molar-refractivity contribution in [3.63, 3.8) is 0 Å². The van der Waals surface area contributed by atoms with Crippen LogP contribution in [0.25, 0.3) is 0 Å². The maximum Gasteiger partial charge on any atom is 0.307 e. The second kappa shape index (κ2) is 3.76. The number of hydrogen-bond donors (Lipinski definition) is 0. The number of rotatable bonds is 2. The molecule has 0 saturated heterocycles. The van der Waals surface area contributed by atoms with Gasteiger partial charge in [-0.15, -0.1) is 0 Å². The molecule has 0 aliphatic heterocycles. The highest BCUT2D eigenvalue weighted by atomic mass is 19.1. The molecule has 1 aromatic carbocycles. The number of nitro groups is 1. The third-order valence-electron chi connectivity index (χ3n) is 1.60. The summed E-state index contributed by atoms with van der Waals surface area (Å²) in [6, 6.07) is 2.06. The zero-order chi connectivity index (χ0) is 10.7. The van der Waals surface area contributed by atoms with Crippen LogP contribution in [0.5, 0.6) is 0 Å². The smallest absolute Gasteiger partial charge is 0.258 e. The lowest BCUT2D eigenvalue weighted by Crippen LogP contribution is -1.95. The standard InChI is InChI=1S/C8H5FN2O3/c1-5-2-6(10-4-12)3-7(9)8(5)11(13)14/h2-3H,1H3. The van der Waals surface area contributed by atoms with Crippen molar-refractivity contribution < 1.29 is 14.1 Å². The lowest BCUT2D eigenvalue weighted by Gasteiger charge is -1.98. The van der Waals surface area contributed by atoms with Gasteiger partial charge >= 0.3 is 5.69 Å². The largest absolute Gasteiger partial charge is 0.307 e. The summed E-state index contributed by atoms with van der Waals surface area (Å²) in [5.41, 5.74) is -0.473. The fourth-order valence-electron chi connectivity index (χ4n) is 1.07. The fourth-order valence-corrected chi connectivity index (χ4v) is 1.07. The Morgan fingerprint density at radius 2 is 2.21 bits per heavy atom. The van der Waals surface area contributed by atoms with Crippen LogP contribution in [-0.2, 0) is 4.79 Å². The van der Waals surface area contributed by atoms with E-state index in [-0.39, 0.29) is 11.3 Å². The number of aliphatic imine (C=N–C) groups is 1. The Balaban J connectivity index is 3.39. The van der Waals surface area contributed by atoms with Crippen molar-refractivity contribution in [3.8, 4) is 0 Å². The maximum atomic E-state index is 13.1. The summed E-state index contributed by atoms with van der Waals surface area (Å²) >= 11 is 0. The van der Waals surface area contributed by atoms with Crippen molar-refractivity contribution in [3.05, 3.63) is 33.6 Å². The molecule has 0 aliphatic rings. The second-order valence-corrected chi connectivity index (χ2v) is 2.55. The molecule has 0 radical (unpaired) electrons. The van der Waals surface area contributed by atoms with Crippen molar-refractivity contribution in [1.82, 2.24) is 0 Å². The SMILES string of the molecule is Cc1cc(N=C=O)cc(F)c1[N+](=O)[O-]. The minimum atomic E-state index is -1.01. The lowest BCUT2D eigenvalue weighted by molar-refractivity contribution is -0.388. The molecule has 1 rings (SSSR count). The Bertz CT molecular complexity index is 415. The van der Waals surface area contributed by atoms with Crippen LogP contribution < -0.4 is 0 Å². The molecular weight excluding hydrogens is 191 g/mol. The molecule has 0 unspecified atom stereocenters. The van der Waals surface area contributed by atoms with Gasteiger partial charge in [0.2, 0.25) is 11.9 Å². The van der Waals surface area contributed by atoms with Crippen LogP contribution in [0.2, 0.25) is 0 Å². The molecule has 0 aromatic heterocycles. The van der Waals surface area contributed by atoms with Gasteiger partial charge in [0, 0.05) is 11.6 Å². The molecule has 0 spiro atoms. The first-order chi connectivity index (χ1) is 6.56. The summed E-state index contributed by atoms with van der Waals surface area (Å²) in [7, 11) is 0. The van der Waals surface area contributed by atoms with E-state index in [1.165, 1.54) is 19.1 Å². The zero-order valence-corrected chi connectivity index (χ0v) is 7.15. The number of halogens is 1. The van der Waals surface area contributed by atoms with E-state index in [0.29, 0.717) is 0 Å². The van der Waals surface area contributed by atoms with Crippen molar-refractivity contribution in [2.24, 2.45) is 4.99 Å². The van der Waals surface area contributed by atoms with Crippen molar-refractivity contribution in [2.75, 3.05) is 0 Å². The molecule has 0 saturated carbocycles. The summed E-state index contributed by atoms with van der Waals surface area (Å²) in [6.07, 6.45) is 1.23. The van der Waals surface area contributed by atoms with Crippen LogP contribution in [0.1, 0.15) is 5.56 Å². The van der Waals surface area contributed by atoms with Gasteiger partial charge in [0.25, 0.3) is 0 Å². The van der Waals surface area contributed by atoms with Gasteiger partial charge < -0.3 is 0 Å². The van der Waals surface area contributed by atoms with Crippen molar-refractivity contribution in [1.29, 1.82) is 0 Å². The van der Waals surface area contributed by atoms with Crippen molar-refractivity contribution >= 4 is 17.5 Å². The average Bonchev–Trinajstić information content (AvgIpc) is 2.01. The van der Waals surface area contributed by atoms with E-state index >= 15 is 0 Å². The van der Waals surface area contributed by atoms with Crippen LogP contribution in [0.3, 0.4) is 0 Å². The molecular formula is C8H5FN2O3. The normalized spacial score (nSPS) is 9.29. The average molecular weight is 196 g/mol. The summed E-state index contributed by atoms with van der Waals surface area (Å²) in [5, 5.41) is 10.4. The summed E-state index contributed by atoms with van der Waals surface area (Å²) in [4.78, 5) is 22.6. The van der Waals surface area contributed by atoms with Crippen LogP contribution in [0.15, 0.2) is 17.1 Å². The topological polar surface area (TPSA) is 72.6 Å². The minimum Gasteiger partial charge on any atom is -0.258 e. The Hall–Kier alpha value is -2.07. The molecule has 6 heteroatoms. The molecule has 0 N–H and O–H groups in total. The molecule has 0 heterocycles. The predicted octanol–water partition coefficient (Wildman–Crippen LogP) is 2.01. The molecule has 5 nitrogen and oxygen atoms in total. The molecule has 0 bridgehead atoms. The summed E-state index contributed by atoms with van der Waals surface area (Å²) in [6.45, 7) is 1.37. The fraction of sp³-hybridized carbons (Fsp3) is 0.125. The number of nitro benzene ring substituents is 1. The van der Waals surface area contributed by atoms with Gasteiger partial charge in [-0.2, -0.15) is 9.38 Å². The van der Waals surface area contributed by atoms with Gasteiger partial charge in [-0.05, 0) is 13.0 Å². The van der Waals surface area contributed by atoms with E-state index in [2.05, 4.69) is 4.99 Å². The predicted molar refractivity (Wildman–Crippen MR) is 45.6 cm³/mol. The van der Waals surface area contributed by atoms with Crippen LogP contribution in [0, 0.1) is 22.9 Å². The van der Waals surface area contributed by atoms with Gasteiger partial charge in [-0.1, -0.05) is 0 Å². The highest BCUT2D eigenvalue weighted by Crippen LogP contribution is 2.26. The number of carbonyl (C=O) groups excluding carboxylic acids is 1. The third-order valence-corrected chi connectivity index (χ3v) is 1.60. The first kappa shape index (κ1) is 10.0. The lowest BCUT2D eigenvalue weighted by atomic mass is 10.2. The van der Waals surface area contributed by atoms with Gasteiger partial charge in [-0.25, -0.2) is 4.79 Å². The summed E-state index contributed by atoms with van der Waals surface area (Å²) in [5.74, 6) is -1.01. The Morgan fingerprint density at radius 1 is 1.57 bits per heavy atom. The quantitative estimate of drug-likeness (QED) is 0.314. The highest BCUT2D eigenvalue weighted by molar-refractivity contribution is 5.55. The molecule has 14 heavy (non-hydrogen) atoms. The number of nitrogens with zero attached hydrogens (tertiary/aromatic N) is 2. The van der Waals surface area contributed by atoms with Gasteiger partial charge in [0.1, 0.15) is 0 Å². The number of isocyanates is 1. The van der Waals surface area contributed by atoms with Crippen molar-refractivity contribution in [2.45, 2.75) is 6.92 Å². The van der Waals surface area contributed by atoms with E-state index in [0.717, 1.165) is 6.07 Å². The third kappa shape index (κ3) is 1.81. The Morgan fingerprint density at radius 3 is 2.64 bits per heavy atom. The number of aryl methyl sites for hydroxylation is 1. The molecule has 1 aromatic rings. The van der Waals surface area contributed by atoms with E-state index < -0.39 is 16.4 Å². The summed E-state index contributed by atoms with van der Waals surface area (Å²) < 4.78 is 13.1. The Labute approximate surface area is 78.0 Å². The zero-order valence-electron chi connectivity index (χ0n) is 7.15. The number of benzene rings is 1. The van der Waals surface area contributed by atoms with Gasteiger partial charge in [0.15, 0.2) is 0 Å². The number of hydrogen-bond acceptors (Lipinski definition) is 4. The monoisotopic (exact) mass is 196 g/mol. The van der Waals surface area contributed by atoms with E-state index in [4.69, 9.17) is 0 Å². The second-order valence-electron chi connectivity index (χ2n) is 2.55. The van der Waals surface area contributed by atoms with E-state index in [1.54, 1.807) is 0 Å². The molecule has 0 aliphatic carbocycles. The molecule has 0 fully saturated rings. The highest BCUT2D eigenvalue weighted by Gasteiger charge is 2.18. The van der Waals surface area contributed by atoms with Gasteiger partial charge in [-0.3, -0.25) is 10.1 Å². The van der Waals surface area contributed by atoms with E-state index in [1.807, 2.05) is 0 Å². The molecule has 0 amide bonds.